The predicted molar refractivity (Wildman–Crippen MR) is 130 cm³/mol. The minimum Gasteiger partial charge on any atom is -0.356 e. The van der Waals surface area contributed by atoms with Gasteiger partial charge in [0.25, 0.3) is 0 Å². The van der Waals surface area contributed by atoms with E-state index in [1.54, 1.807) is 0 Å². The number of likely N-dealkylation sites (tertiary alicyclic amines) is 1. The molecule has 0 bridgehead atoms. The second kappa shape index (κ2) is 10.5. The second-order valence-electron chi connectivity index (χ2n) is 10.4. The van der Waals surface area contributed by atoms with Crippen LogP contribution in [0, 0.1) is 11.8 Å². The Bertz CT molecular complexity index is 995. The first kappa shape index (κ1) is 25.4. The lowest BCUT2D eigenvalue weighted by Crippen LogP contribution is -2.41. The molecule has 1 amide bonds. The fourth-order valence-electron chi connectivity index (χ4n) is 5.58. The Hall–Kier alpha value is -1.73. The summed E-state index contributed by atoms with van der Waals surface area (Å²) in [4.78, 5) is 20.9. The van der Waals surface area contributed by atoms with Gasteiger partial charge >= 0.3 is 6.18 Å². The van der Waals surface area contributed by atoms with Crippen LogP contribution in [-0.4, -0.2) is 53.0 Å². The maximum Gasteiger partial charge on any atom is 0.390 e. The van der Waals surface area contributed by atoms with Gasteiger partial charge < -0.3 is 14.8 Å². The minimum atomic E-state index is -4.10. The van der Waals surface area contributed by atoms with Crippen LogP contribution in [0.3, 0.4) is 0 Å². The maximum atomic E-state index is 13.3. The van der Waals surface area contributed by atoms with Crippen molar-refractivity contribution in [3.63, 3.8) is 0 Å². The van der Waals surface area contributed by atoms with Gasteiger partial charge in [0.15, 0.2) is 0 Å². The average Bonchev–Trinajstić information content (AvgIpc) is 3.14. The zero-order chi connectivity index (χ0) is 24.5. The summed E-state index contributed by atoms with van der Waals surface area (Å²) in [5.41, 5.74) is 3.48. The number of alkyl halides is 3. The van der Waals surface area contributed by atoms with Crippen LogP contribution in [0.2, 0.25) is 5.02 Å². The van der Waals surface area contributed by atoms with Gasteiger partial charge in [0.1, 0.15) is 0 Å². The summed E-state index contributed by atoms with van der Waals surface area (Å²) >= 11 is 6.25. The number of aromatic nitrogens is 1. The number of benzene rings is 1. The van der Waals surface area contributed by atoms with Crippen molar-refractivity contribution in [2.45, 2.75) is 71.0 Å². The fourth-order valence-corrected chi connectivity index (χ4v) is 5.76. The molecule has 2 aliphatic heterocycles. The summed E-state index contributed by atoms with van der Waals surface area (Å²) in [7, 11) is 0. The summed E-state index contributed by atoms with van der Waals surface area (Å²) in [6.45, 7) is 6.54. The number of carbonyl (C=O) groups is 1. The highest BCUT2D eigenvalue weighted by Crippen LogP contribution is 2.39. The predicted octanol–water partition coefficient (Wildman–Crippen LogP) is 6.74. The molecule has 1 N–H and O–H groups in total. The average molecular weight is 498 g/mol. The van der Waals surface area contributed by atoms with Crippen LogP contribution in [0.5, 0.6) is 0 Å². The van der Waals surface area contributed by atoms with Crippen molar-refractivity contribution in [2.24, 2.45) is 11.8 Å². The van der Waals surface area contributed by atoms with Crippen molar-refractivity contribution in [2.75, 3.05) is 26.2 Å². The Morgan fingerprint density at radius 1 is 1.21 bits per heavy atom. The zero-order valence-electron chi connectivity index (χ0n) is 20.1. The molecule has 1 saturated heterocycles. The summed E-state index contributed by atoms with van der Waals surface area (Å²) < 4.78 is 37.4. The lowest BCUT2D eigenvalue weighted by atomic mass is 9.89. The lowest BCUT2D eigenvalue weighted by Gasteiger charge is -2.37. The molecule has 1 aromatic carbocycles. The van der Waals surface area contributed by atoms with Crippen molar-refractivity contribution in [3.05, 3.63) is 34.5 Å². The first-order valence-corrected chi connectivity index (χ1v) is 12.9. The van der Waals surface area contributed by atoms with Crippen molar-refractivity contribution < 1.29 is 18.0 Å². The van der Waals surface area contributed by atoms with E-state index in [1.165, 1.54) is 5.56 Å². The molecule has 8 heteroatoms. The Balaban J connectivity index is 1.37. The second-order valence-corrected chi connectivity index (χ2v) is 10.8. The number of hydrogen-bond donors (Lipinski definition) is 1. The number of aromatic amines is 1. The van der Waals surface area contributed by atoms with E-state index in [9.17, 15) is 18.0 Å². The maximum absolute atomic E-state index is 13.3. The number of carbonyl (C=O) groups excluding carboxylic acids is 1. The minimum absolute atomic E-state index is 0.0339. The normalized spacial score (nSPS) is 20.3. The SMILES string of the molecule is CC(C)CC1c2[nH]c3ccc(Cl)cc3c2CCN1C(=O)CCC1CCN(CCC(F)(F)F)CC1. The number of hydrogen-bond acceptors (Lipinski definition) is 2. The standard InChI is InChI=1S/C26H35ClF3N3O/c1-17(2)15-23-25-20(21-16-19(27)4-5-22(21)31-25)9-13-33(23)24(34)6-3-18-7-11-32(12-8-18)14-10-26(28,29)30/h4-5,16-18,23,31H,3,6-15H2,1-2H3. The van der Waals surface area contributed by atoms with Gasteiger partial charge in [0.05, 0.1) is 12.5 Å². The van der Waals surface area contributed by atoms with Crippen LogP contribution >= 0.6 is 11.6 Å². The number of H-pyrrole nitrogens is 1. The molecule has 4 rings (SSSR count). The number of rotatable bonds is 7. The number of nitrogens with zero attached hydrogens (tertiary/aromatic N) is 2. The molecule has 3 heterocycles. The lowest BCUT2D eigenvalue weighted by molar-refractivity contribution is -0.139. The molecule has 4 nitrogen and oxygen atoms in total. The third-order valence-electron chi connectivity index (χ3n) is 7.41. The van der Waals surface area contributed by atoms with Crippen LogP contribution in [0.25, 0.3) is 10.9 Å². The molecule has 2 aromatic rings. The van der Waals surface area contributed by atoms with Crippen LogP contribution in [0.1, 0.15) is 69.7 Å². The fraction of sp³-hybridized carbons (Fsp3) is 0.654. The summed E-state index contributed by atoms with van der Waals surface area (Å²) in [5.74, 6) is 1.04. The Labute approximate surface area is 204 Å². The van der Waals surface area contributed by atoms with E-state index in [0.29, 0.717) is 37.9 Å². The highest BCUT2D eigenvalue weighted by molar-refractivity contribution is 6.31. The molecule has 34 heavy (non-hydrogen) atoms. The van der Waals surface area contributed by atoms with E-state index >= 15 is 0 Å². The van der Waals surface area contributed by atoms with Gasteiger partial charge in [-0.2, -0.15) is 13.2 Å². The van der Waals surface area contributed by atoms with E-state index < -0.39 is 12.6 Å². The first-order valence-electron chi connectivity index (χ1n) is 12.5. The highest BCUT2D eigenvalue weighted by Gasteiger charge is 2.34. The number of fused-ring (bicyclic) bond motifs is 3. The molecule has 1 aromatic heterocycles. The highest BCUT2D eigenvalue weighted by atomic mass is 35.5. The van der Waals surface area contributed by atoms with Crippen LogP contribution in [0.15, 0.2) is 18.2 Å². The Morgan fingerprint density at radius 2 is 1.94 bits per heavy atom. The molecule has 188 valence electrons. The molecule has 0 aliphatic carbocycles. The molecular weight excluding hydrogens is 463 g/mol. The van der Waals surface area contributed by atoms with Crippen molar-refractivity contribution in [1.82, 2.24) is 14.8 Å². The van der Waals surface area contributed by atoms with Crippen LogP contribution in [0.4, 0.5) is 13.2 Å². The van der Waals surface area contributed by atoms with Crippen molar-refractivity contribution in [3.8, 4) is 0 Å². The zero-order valence-corrected chi connectivity index (χ0v) is 20.8. The Kier molecular flexibility index (Phi) is 7.82. The third kappa shape index (κ3) is 6.09. The summed E-state index contributed by atoms with van der Waals surface area (Å²) in [6.07, 6.45) is -0.0771. The molecule has 1 unspecified atom stereocenters. The van der Waals surface area contributed by atoms with E-state index in [1.807, 2.05) is 23.1 Å². The van der Waals surface area contributed by atoms with Crippen molar-refractivity contribution >= 4 is 28.4 Å². The molecule has 1 atom stereocenters. The smallest absolute Gasteiger partial charge is 0.356 e. The van der Waals surface area contributed by atoms with Gasteiger partial charge in [-0.3, -0.25) is 4.79 Å². The molecule has 2 aliphatic rings. The van der Waals surface area contributed by atoms with Gasteiger partial charge in [-0.15, -0.1) is 0 Å². The van der Waals surface area contributed by atoms with E-state index in [-0.39, 0.29) is 18.5 Å². The van der Waals surface area contributed by atoms with Gasteiger partial charge in [0.2, 0.25) is 5.91 Å². The first-order chi connectivity index (χ1) is 16.1. The quantitative estimate of drug-likeness (QED) is 0.460. The van der Waals surface area contributed by atoms with Crippen LogP contribution in [-0.2, 0) is 11.2 Å². The van der Waals surface area contributed by atoms with Gasteiger partial charge in [-0.1, -0.05) is 25.4 Å². The van der Waals surface area contributed by atoms with Gasteiger partial charge in [-0.25, -0.2) is 0 Å². The van der Waals surface area contributed by atoms with Gasteiger partial charge in [-0.05, 0) is 80.8 Å². The van der Waals surface area contributed by atoms with E-state index in [0.717, 1.165) is 53.7 Å². The topological polar surface area (TPSA) is 39.3 Å². The number of nitrogens with one attached hydrogen (secondary N) is 1. The molecule has 0 radical (unpaired) electrons. The molecule has 0 spiro atoms. The monoisotopic (exact) mass is 497 g/mol. The number of halogens is 4. The van der Waals surface area contributed by atoms with E-state index in [2.05, 4.69) is 23.7 Å². The Morgan fingerprint density at radius 3 is 2.62 bits per heavy atom. The third-order valence-corrected chi connectivity index (χ3v) is 7.65. The molecule has 1 fully saturated rings. The van der Waals surface area contributed by atoms with E-state index in [4.69, 9.17) is 11.6 Å². The summed E-state index contributed by atoms with van der Waals surface area (Å²) in [5, 5.41) is 1.87. The van der Waals surface area contributed by atoms with Crippen LogP contribution < -0.4 is 0 Å². The molecule has 0 saturated carbocycles. The van der Waals surface area contributed by atoms with Crippen molar-refractivity contribution in [1.29, 1.82) is 0 Å². The number of piperidine rings is 1. The molecular formula is C26H35ClF3N3O. The number of amides is 1. The van der Waals surface area contributed by atoms with Gasteiger partial charge in [0, 0.05) is 41.1 Å². The largest absolute Gasteiger partial charge is 0.390 e. The summed E-state index contributed by atoms with van der Waals surface area (Å²) in [6, 6.07) is 5.94.